The minimum atomic E-state index is -1.96. The molecule has 26 nitrogen and oxygen atoms in total. The highest BCUT2D eigenvalue weighted by atomic mass is 16.8. The van der Waals surface area contributed by atoms with Gasteiger partial charge >= 0.3 is 17.9 Å². The van der Waals surface area contributed by atoms with Crippen LogP contribution in [0, 0.1) is 22.7 Å². The van der Waals surface area contributed by atoms with Crippen molar-refractivity contribution < 1.29 is 127 Å². The summed E-state index contributed by atoms with van der Waals surface area (Å²) < 4.78 is 79.0. The van der Waals surface area contributed by atoms with Gasteiger partial charge in [-0.2, -0.15) is 0 Å². The molecule has 0 radical (unpaired) electrons. The fourth-order valence-corrected chi connectivity index (χ4v) is 15.7. The molecule has 4 saturated heterocycles. The Morgan fingerprint density at radius 2 is 1.29 bits per heavy atom. The average molecular weight is 1200 g/mol. The van der Waals surface area contributed by atoms with Crippen molar-refractivity contribution in [3.63, 3.8) is 0 Å². The standard InChI is InChI=1S/C58H88O26/c1-26-46(83-53-49(79-30(5)61)48(73-9)47(27(2)76-53)84-52-45(67)43(65)41(63)36(82-52)25-74-51-44(66)42(64)40(62)35(24-59)81-51)34(72-8)22-39(75-26)80-33-16-17-54(6)32(21-33)15-18-57(70)37(54)23-38(78-29(4)60)55(7)56(69,19-20-58(55,57)71)28(3)77-50(68)31-13-11-10-12-14-31/h10-14,26-28,32-49,51-53,59,62-67,69-71H,15-25H2,1-9H3. The Morgan fingerprint density at radius 3 is 1.93 bits per heavy atom. The SMILES string of the molecule is COC1CC(OC2CCC3(C)C(CCC4(O)C3CC(OC(C)=O)C3(C)C(O)(C(C)OC(=O)c5ccccc5)CCC43O)C2)OC(C)C1OC1OC(C)C(OC2OC(COC3OC(CO)C(O)C(O)C3O)C(O)C(O)C2O)C(OC)C1OC(C)=O. The first-order valence-corrected chi connectivity index (χ1v) is 29.3. The van der Waals surface area contributed by atoms with Crippen LogP contribution in [-0.2, 0) is 71.2 Å². The molecule has 26 heteroatoms. The zero-order chi connectivity index (χ0) is 61.2. The third kappa shape index (κ3) is 11.5. The maximum atomic E-state index is 13.3. The molecule has 8 fully saturated rings. The highest BCUT2D eigenvalue weighted by molar-refractivity contribution is 5.89. The van der Waals surface area contributed by atoms with E-state index in [9.17, 15) is 65.4 Å². The van der Waals surface area contributed by atoms with Gasteiger partial charge in [0.2, 0.25) is 0 Å². The van der Waals surface area contributed by atoms with Crippen molar-refractivity contribution in [3.8, 4) is 0 Å². The number of ether oxygens (including phenoxy) is 13. The first-order chi connectivity index (χ1) is 39.6. The summed E-state index contributed by atoms with van der Waals surface area (Å²) in [6.45, 7) is 9.82. The van der Waals surface area contributed by atoms with E-state index < -0.39 is 194 Å². The zero-order valence-corrected chi connectivity index (χ0v) is 49.0. The molecule has 9 rings (SSSR count). The molecule has 1 aromatic carbocycles. The third-order valence-corrected chi connectivity index (χ3v) is 20.5. The van der Waals surface area contributed by atoms with E-state index in [1.165, 1.54) is 28.1 Å². The van der Waals surface area contributed by atoms with Crippen LogP contribution in [-0.4, -0.2) is 248 Å². The highest BCUT2D eigenvalue weighted by Crippen LogP contribution is 2.72. The number of carbonyl (C=O) groups excluding carboxylic acids is 3. The Hall–Kier alpha value is -3.17. The molecule has 0 bridgehead atoms. The minimum Gasteiger partial charge on any atom is -0.462 e. The number of hydrogen-bond donors (Lipinski definition) is 10. The maximum absolute atomic E-state index is 13.3. The first-order valence-electron chi connectivity index (χ1n) is 29.3. The quantitative estimate of drug-likeness (QED) is 0.0529. The Morgan fingerprint density at radius 1 is 0.655 bits per heavy atom. The minimum absolute atomic E-state index is 0.0101. The van der Waals surface area contributed by atoms with Crippen LogP contribution in [0.3, 0.4) is 0 Å². The number of rotatable bonds is 17. The second kappa shape index (κ2) is 25.4. The molecule has 29 unspecified atom stereocenters. The first kappa shape index (κ1) is 65.3. The molecule has 29 atom stereocenters. The van der Waals surface area contributed by atoms with Gasteiger partial charge in [0.15, 0.2) is 31.3 Å². The molecular weight excluding hydrogens is 1110 g/mol. The van der Waals surface area contributed by atoms with Gasteiger partial charge in [-0.25, -0.2) is 4.79 Å². The fraction of sp³-hybridized carbons (Fsp3) is 0.845. The van der Waals surface area contributed by atoms with E-state index in [0.29, 0.717) is 25.7 Å². The molecule has 10 N–H and O–H groups in total. The lowest BCUT2D eigenvalue weighted by molar-refractivity contribution is -0.375. The van der Waals surface area contributed by atoms with Gasteiger partial charge in [-0.15, -0.1) is 0 Å². The molecule has 0 spiro atoms. The average Bonchev–Trinajstić information content (AvgIpc) is 1.36. The van der Waals surface area contributed by atoms with Gasteiger partial charge in [0, 0.05) is 34.5 Å². The largest absolute Gasteiger partial charge is 0.462 e. The molecule has 0 aromatic heterocycles. The van der Waals surface area contributed by atoms with Crippen LogP contribution in [0.25, 0.3) is 0 Å². The topological polar surface area (TPSA) is 374 Å². The van der Waals surface area contributed by atoms with Gasteiger partial charge in [0.1, 0.15) is 90.6 Å². The summed E-state index contributed by atoms with van der Waals surface area (Å²) in [6, 6.07) is 8.35. The molecule has 4 saturated carbocycles. The lowest BCUT2D eigenvalue weighted by Gasteiger charge is -2.69. The summed E-state index contributed by atoms with van der Waals surface area (Å²) >= 11 is 0. The summed E-state index contributed by atoms with van der Waals surface area (Å²) in [5, 5.41) is 113. The summed E-state index contributed by atoms with van der Waals surface area (Å²) in [5.74, 6) is -2.59. The normalized spacial score (nSPS) is 48.9. The van der Waals surface area contributed by atoms with E-state index >= 15 is 0 Å². The Bertz CT molecular complexity index is 2420. The van der Waals surface area contributed by atoms with Crippen LogP contribution in [0.4, 0.5) is 0 Å². The Labute approximate surface area is 487 Å². The van der Waals surface area contributed by atoms with E-state index in [2.05, 4.69) is 6.92 Å². The van der Waals surface area contributed by atoms with Crippen LogP contribution in [0.15, 0.2) is 30.3 Å². The number of carbonyl (C=O) groups is 3. The fourth-order valence-electron chi connectivity index (χ4n) is 15.7. The predicted octanol–water partition coefficient (Wildman–Crippen LogP) is -0.602. The molecule has 4 aliphatic heterocycles. The summed E-state index contributed by atoms with van der Waals surface area (Å²) in [7, 11) is 2.84. The van der Waals surface area contributed by atoms with Gasteiger partial charge in [0.05, 0.1) is 54.2 Å². The van der Waals surface area contributed by atoms with Gasteiger partial charge < -0.3 is 113 Å². The molecule has 8 aliphatic rings. The van der Waals surface area contributed by atoms with Crippen LogP contribution in [0.1, 0.15) is 117 Å². The van der Waals surface area contributed by atoms with Crippen LogP contribution in [0.2, 0.25) is 0 Å². The summed E-state index contributed by atoms with van der Waals surface area (Å²) in [4.78, 5) is 39.0. The number of aliphatic hydroxyl groups is 10. The number of methoxy groups -OCH3 is 2. The third-order valence-electron chi connectivity index (χ3n) is 20.5. The van der Waals surface area contributed by atoms with Crippen LogP contribution < -0.4 is 0 Å². The number of esters is 3. The second-order valence-electron chi connectivity index (χ2n) is 25.0. The molecule has 4 heterocycles. The molecule has 1 aromatic rings. The summed E-state index contributed by atoms with van der Waals surface area (Å²) in [6.07, 6.45) is -25.5. The zero-order valence-electron chi connectivity index (χ0n) is 49.0. The van der Waals surface area contributed by atoms with Crippen molar-refractivity contribution in [3.05, 3.63) is 35.9 Å². The molecule has 476 valence electrons. The molecule has 84 heavy (non-hydrogen) atoms. The Balaban J connectivity index is 0.838. The summed E-state index contributed by atoms with van der Waals surface area (Å²) in [5.41, 5.74) is -7.53. The van der Waals surface area contributed by atoms with E-state index in [4.69, 9.17) is 61.6 Å². The van der Waals surface area contributed by atoms with Gasteiger partial charge in [0.25, 0.3) is 0 Å². The predicted molar refractivity (Wildman–Crippen MR) is 283 cm³/mol. The number of benzene rings is 1. The second-order valence-corrected chi connectivity index (χ2v) is 25.0. The van der Waals surface area contributed by atoms with Crippen molar-refractivity contribution in [2.45, 2.75) is 258 Å². The molecule has 4 aliphatic carbocycles. The van der Waals surface area contributed by atoms with Crippen molar-refractivity contribution in [2.75, 3.05) is 27.4 Å². The van der Waals surface area contributed by atoms with Crippen molar-refractivity contribution in [2.24, 2.45) is 22.7 Å². The van der Waals surface area contributed by atoms with Gasteiger partial charge in [-0.05, 0) is 102 Å². The Kier molecular flexibility index (Phi) is 19.7. The van der Waals surface area contributed by atoms with E-state index in [1.807, 2.05) is 0 Å². The lowest BCUT2D eigenvalue weighted by Crippen LogP contribution is -2.79. The number of hydrogen-bond acceptors (Lipinski definition) is 26. The van der Waals surface area contributed by atoms with Gasteiger partial charge in [-0.3, -0.25) is 9.59 Å². The number of aliphatic hydroxyl groups excluding tert-OH is 7. The van der Waals surface area contributed by atoms with Gasteiger partial charge in [-0.1, -0.05) is 32.0 Å². The lowest BCUT2D eigenvalue weighted by atomic mass is 9.40. The van der Waals surface area contributed by atoms with E-state index in [1.54, 1.807) is 58.0 Å². The van der Waals surface area contributed by atoms with E-state index in [0.717, 1.165) is 0 Å². The highest BCUT2D eigenvalue weighted by Gasteiger charge is 2.82. The monoisotopic (exact) mass is 1200 g/mol. The maximum Gasteiger partial charge on any atom is 0.338 e. The molecular formula is C58H88O26. The van der Waals surface area contributed by atoms with Crippen molar-refractivity contribution in [1.82, 2.24) is 0 Å². The smallest absolute Gasteiger partial charge is 0.338 e. The van der Waals surface area contributed by atoms with E-state index in [-0.39, 0.29) is 49.7 Å². The van der Waals surface area contributed by atoms with Crippen LogP contribution in [0.5, 0.6) is 0 Å². The number of fused-ring (bicyclic) bond motifs is 5. The van der Waals surface area contributed by atoms with Crippen molar-refractivity contribution in [1.29, 1.82) is 0 Å². The van der Waals surface area contributed by atoms with Crippen molar-refractivity contribution >= 4 is 17.9 Å². The molecule has 0 amide bonds. The van der Waals surface area contributed by atoms with Crippen LogP contribution >= 0.6 is 0 Å².